The van der Waals surface area contributed by atoms with Gasteiger partial charge in [-0.05, 0) is 31.4 Å². The summed E-state index contributed by atoms with van der Waals surface area (Å²) in [6.45, 7) is 5.83. The topological polar surface area (TPSA) is 69.6 Å². The van der Waals surface area contributed by atoms with Crippen molar-refractivity contribution in [2.75, 3.05) is 26.7 Å². The van der Waals surface area contributed by atoms with Gasteiger partial charge in [-0.25, -0.2) is 4.99 Å². The van der Waals surface area contributed by atoms with Gasteiger partial charge in [0.25, 0.3) is 0 Å². The van der Waals surface area contributed by atoms with Crippen LogP contribution in [0.15, 0.2) is 29.4 Å². The Bertz CT molecular complexity index is 531. The highest BCUT2D eigenvalue weighted by Gasteiger charge is 2.33. The van der Waals surface area contributed by atoms with Gasteiger partial charge >= 0.3 is 0 Å². The highest BCUT2D eigenvalue weighted by molar-refractivity contribution is 5.85. The second kappa shape index (κ2) is 8.50. The van der Waals surface area contributed by atoms with Crippen molar-refractivity contribution in [3.8, 4) is 0 Å². The molecule has 1 aromatic rings. The van der Waals surface area contributed by atoms with Gasteiger partial charge in [0, 0.05) is 44.5 Å². The Morgan fingerprint density at radius 3 is 2.87 bits per heavy atom. The zero-order valence-corrected chi connectivity index (χ0v) is 14.2. The van der Waals surface area contributed by atoms with Crippen molar-refractivity contribution in [2.45, 2.75) is 32.7 Å². The van der Waals surface area contributed by atoms with E-state index in [1.54, 1.807) is 11.1 Å². The molecule has 0 saturated heterocycles. The van der Waals surface area contributed by atoms with Gasteiger partial charge in [-0.2, -0.15) is 0 Å². The van der Waals surface area contributed by atoms with E-state index in [9.17, 15) is 4.79 Å². The molecule has 2 unspecified atom stereocenters. The quantitative estimate of drug-likeness (QED) is 0.582. The molecule has 1 aliphatic rings. The summed E-state index contributed by atoms with van der Waals surface area (Å²) >= 11 is 0. The van der Waals surface area contributed by atoms with Crippen LogP contribution in [0.1, 0.15) is 26.0 Å². The lowest BCUT2D eigenvalue weighted by Gasteiger charge is -2.16. The van der Waals surface area contributed by atoms with E-state index < -0.39 is 0 Å². The monoisotopic (exact) mass is 317 g/mol. The molecule has 1 saturated carbocycles. The minimum atomic E-state index is 0.0157. The predicted molar refractivity (Wildman–Crippen MR) is 92.3 cm³/mol. The first-order valence-corrected chi connectivity index (χ1v) is 8.29. The van der Waals surface area contributed by atoms with Crippen LogP contribution in [0, 0.1) is 5.92 Å². The maximum Gasteiger partial charge on any atom is 0.244 e. The van der Waals surface area contributed by atoms with Crippen LogP contribution in [0.5, 0.6) is 0 Å². The van der Waals surface area contributed by atoms with Crippen LogP contribution >= 0.6 is 0 Å². The Balaban J connectivity index is 1.77. The average Bonchev–Trinajstić information content (AvgIpc) is 3.26. The molecule has 0 spiro atoms. The third-order valence-electron chi connectivity index (χ3n) is 4.00. The minimum Gasteiger partial charge on any atom is -0.357 e. The van der Waals surface area contributed by atoms with Gasteiger partial charge in [0.1, 0.15) is 6.54 Å². The highest BCUT2D eigenvalue weighted by Crippen LogP contribution is 2.28. The summed E-state index contributed by atoms with van der Waals surface area (Å²) in [5.41, 5.74) is 0.994. The van der Waals surface area contributed by atoms with Crippen LogP contribution in [0.25, 0.3) is 0 Å². The fourth-order valence-electron chi connectivity index (χ4n) is 2.24. The molecule has 2 atom stereocenters. The molecule has 6 nitrogen and oxygen atoms in total. The molecule has 23 heavy (non-hydrogen) atoms. The molecule has 1 aromatic heterocycles. The van der Waals surface area contributed by atoms with Gasteiger partial charge in [0.2, 0.25) is 5.91 Å². The molecular weight excluding hydrogens is 290 g/mol. The number of amides is 1. The molecular formula is C17H27N5O. The Morgan fingerprint density at radius 1 is 1.48 bits per heavy atom. The van der Waals surface area contributed by atoms with Crippen molar-refractivity contribution in [2.24, 2.45) is 10.9 Å². The van der Waals surface area contributed by atoms with Gasteiger partial charge in [0.15, 0.2) is 5.96 Å². The number of rotatable bonds is 7. The van der Waals surface area contributed by atoms with Crippen LogP contribution < -0.4 is 10.6 Å². The number of hydrogen-bond acceptors (Lipinski definition) is 3. The van der Waals surface area contributed by atoms with Crippen molar-refractivity contribution >= 4 is 11.9 Å². The van der Waals surface area contributed by atoms with E-state index in [-0.39, 0.29) is 12.5 Å². The maximum absolute atomic E-state index is 12.2. The molecule has 1 amide bonds. The average molecular weight is 317 g/mol. The van der Waals surface area contributed by atoms with Crippen molar-refractivity contribution < 1.29 is 4.79 Å². The SMILES string of the molecule is CCNC(=NCC(=O)N(C)CCc1ccccn1)NC1CC1C. The molecule has 0 aliphatic heterocycles. The normalized spacial score (nSPS) is 20.0. The second-order valence-electron chi connectivity index (χ2n) is 6.05. The molecule has 1 fully saturated rings. The zero-order valence-electron chi connectivity index (χ0n) is 14.2. The number of aromatic nitrogens is 1. The number of nitrogens with zero attached hydrogens (tertiary/aromatic N) is 3. The van der Waals surface area contributed by atoms with Crippen molar-refractivity contribution in [3.63, 3.8) is 0 Å². The smallest absolute Gasteiger partial charge is 0.244 e. The minimum absolute atomic E-state index is 0.0157. The van der Waals surface area contributed by atoms with Gasteiger partial charge < -0.3 is 15.5 Å². The lowest BCUT2D eigenvalue weighted by atomic mass is 10.2. The summed E-state index contributed by atoms with van der Waals surface area (Å²) in [5, 5.41) is 6.54. The number of carbonyl (C=O) groups excluding carboxylic acids is 1. The first kappa shape index (κ1) is 17.2. The second-order valence-corrected chi connectivity index (χ2v) is 6.05. The Morgan fingerprint density at radius 2 is 2.26 bits per heavy atom. The molecule has 1 aliphatic carbocycles. The van der Waals surface area contributed by atoms with Crippen LogP contribution in [0.4, 0.5) is 0 Å². The van der Waals surface area contributed by atoms with E-state index in [2.05, 4.69) is 27.5 Å². The van der Waals surface area contributed by atoms with Crippen LogP contribution in [0.2, 0.25) is 0 Å². The summed E-state index contributed by atoms with van der Waals surface area (Å²) in [6.07, 6.45) is 3.70. The first-order valence-electron chi connectivity index (χ1n) is 8.29. The van der Waals surface area contributed by atoms with E-state index in [1.807, 2.05) is 32.2 Å². The van der Waals surface area contributed by atoms with Crippen LogP contribution in [-0.2, 0) is 11.2 Å². The summed E-state index contributed by atoms with van der Waals surface area (Å²) in [7, 11) is 1.81. The Labute approximate surface area is 138 Å². The molecule has 0 aromatic carbocycles. The summed E-state index contributed by atoms with van der Waals surface area (Å²) in [6, 6.07) is 6.32. The van der Waals surface area contributed by atoms with E-state index >= 15 is 0 Å². The number of hydrogen-bond donors (Lipinski definition) is 2. The van der Waals surface area contributed by atoms with Crippen molar-refractivity contribution in [1.29, 1.82) is 0 Å². The zero-order chi connectivity index (χ0) is 16.7. The third-order valence-corrected chi connectivity index (χ3v) is 4.00. The Kier molecular flexibility index (Phi) is 6.38. The summed E-state index contributed by atoms with van der Waals surface area (Å²) in [5.74, 6) is 1.44. The van der Waals surface area contributed by atoms with Crippen LogP contribution in [-0.4, -0.2) is 54.5 Å². The van der Waals surface area contributed by atoms with Gasteiger partial charge in [0.05, 0.1) is 0 Å². The lowest BCUT2D eigenvalue weighted by Crippen LogP contribution is -2.40. The number of likely N-dealkylation sites (N-methyl/N-ethyl adjacent to an activating group) is 1. The van der Waals surface area contributed by atoms with E-state index in [1.165, 1.54) is 6.42 Å². The standard InChI is InChI=1S/C17H27N5O/c1-4-18-17(21-15-11-13(15)2)20-12-16(23)22(3)10-8-14-7-5-6-9-19-14/h5-7,9,13,15H,4,8,10-12H2,1-3H3,(H2,18,20,21). The van der Waals surface area contributed by atoms with Gasteiger partial charge in [-0.3, -0.25) is 9.78 Å². The molecule has 2 rings (SSSR count). The molecule has 6 heteroatoms. The fourth-order valence-corrected chi connectivity index (χ4v) is 2.24. The number of guanidine groups is 1. The van der Waals surface area contributed by atoms with Crippen molar-refractivity contribution in [1.82, 2.24) is 20.5 Å². The number of carbonyl (C=O) groups is 1. The molecule has 126 valence electrons. The van der Waals surface area contributed by atoms with E-state index in [0.717, 1.165) is 24.6 Å². The maximum atomic E-state index is 12.2. The summed E-state index contributed by atoms with van der Waals surface area (Å²) < 4.78 is 0. The van der Waals surface area contributed by atoms with Gasteiger partial charge in [-0.1, -0.05) is 13.0 Å². The largest absolute Gasteiger partial charge is 0.357 e. The first-order chi connectivity index (χ1) is 11.1. The third kappa shape index (κ3) is 5.88. The Hall–Kier alpha value is -2.11. The van der Waals surface area contributed by atoms with Crippen molar-refractivity contribution in [3.05, 3.63) is 30.1 Å². The van der Waals surface area contributed by atoms with E-state index in [0.29, 0.717) is 18.5 Å². The lowest BCUT2D eigenvalue weighted by molar-refractivity contribution is -0.128. The van der Waals surface area contributed by atoms with Crippen LogP contribution in [0.3, 0.4) is 0 Å². The number of aliphatic imine (C=N–C) groups is 1. The van der Waals surface area contributed by atoms with E-state index in [4.69, 9.17) is 0 Å². The number of nitrogens with one attached hydrogen (secondary N) is 2. The molecule has 1 heterocycles. The molecule has 0 bridgehead atoms. The predicted octanol–water partition coefficient (Wildman–Crippen LogP) is 1.05. The number of pyridine rings is 1. The fraction of sp³-hybridized carbons (Fsp3) is 0.588. The molecule has 0 radical (unpaired) electrons. The highest BCUT2D eigenvalue weighted by atomic mass is 16.2. The van der Waals surface area contributed by atoms with Gasteiger partial charge in [-0.15, -0.1) is 0 Å². The summed E-state index contributed by atoms with van der Waals surface area (Å²) in [4.78, 5) is 22.6. The molecule has 2 N–H and O–H groups in total.